The van der Waals surface area contributed by atoms with Crippen LogP contribution in [0.25, 0.3) is 0 Å². The summed E-state index contributed by atoms with van der Waals surface area (Å²) in [5.74, 6) is 0. The summed E-state index contributed by atoms with van der Waals surface area (Å²) in [6.07, 6.45) is 30.7. The van der Waals surface area contributed by atoms with Crippen molar-refractivity contribution < 1.29 is 0 Å². The molecule has 0 aromatic heterocycles. The predicted molar refractivity (Wildman–Crippen MR) is 126 cm³/mol. The van der Waals surface area contributed by atoms with E-state index < -0.39 is 0 Å². The van der Waals surface area contributed by atoms with Crippen LogP contribution >= 0.6 is 0 Å². The summed E-state index contributed by atoms with van der Waals surface area (Å²) in [4.78, 5) is 5.25. The minimum Gasteiger partial charge on any atom is -0.356 e. The molecule has 1 heterocycles. The molecule has 0 aromatic carbocycles. The van der Waals surface area contributed by atoms with Gasteiger partial charge in [0.1, 0.15) is 6.17 Å². The highest BCUT2D eigenvalue weighted by Gasteiger charge is 2.24. The van der Waals surface area contributed by atoms with E-state index in [-0.39, 0.29) is 0 Å². The molecule has 2 nitrogen and oxygen atoms in total. The lowest BCUT2D eigenvalue weighted by Gasteiger charge is -2.33. The van der Waals surface area contributed by atoms with Crippen LogP contribution in [0.4, 0.5) is 0 Å². The number of hydrogen-bond donors (Lipinski definition) is 0. The average Bonchev–Trinajstić information content (AvgIpc) is 3.09. The van der Waals surface area contributed by atoms with Crippen LogP contribution in [0.5, 0.6) is 0 Å². The van der Waals surface area contributed by atoms with E-state index in [4.69, 9.17) is 0 Å². The molecule has 2 heteroatoms. The van der Waals surface area contributed by atoms with Crippen molar-refractivity contribution in [3.8, 4) is 0 Å². The maximum Gasteiger partial charge on any atom is 0.101 e. The highest BCUT2D eigenvalue weighted by Crippen LogP contribution is 2.23. The van der Waals surface area contributed by atoms with E-state index in [1.807, 2.05) is 0 Å². The van der Waals surface area contributed by atoms with Gasteiger partial charge in [0.25, 0.3) is 0 Å². The van der Waals surface area contributed by atoms with Crippen LogP contribution in [0.1, 0.15) is 136 Å². The van der Waals surface area contributed by atoms with E-state index in [0.717, 1.165) is 0 Å². The summed E-state index contributed by atoms with van der Waals surface area (Å²) < 4.78 is 0. The molecule has 28 heavy (non-hydrogen) atoms. The maximum atomic E-state index is 2.63. The predicted octanol–water partition coefficient (Wildman–Crippen LogP) is 8.48. The quantitative estimate of drug-likeness (QED) is 0.192. The highest BCUT2D eigenvalue weighted by molar-refractivity contribution is 4.96. The SMILES string of the molecule is CCCCCCCCCCCCCCC1N(CCCC)C=CN1CCCCC. The fourth-order valence-electron chi connectivity index (χ4n) is 4.39. The van der Waals surface area contributed by atoms with Crippen molar-refractivity contribution in [2.75, 3.05) is 13.1 Å². The molecule has 1 aliphatic rings. The maximum absolute atomic E-state index is 2.63. The third-order valence-electron chi connectivity index (χ3n) is 6.32. The lowest BCUT2D eigenvalue weighted by atomic mass is 10.0. The normalized spacial score (nSPS) is 16.5. The standard InChI is InChI=1S/C26H52N2/c1-4-7-10-11-12-13-14-15-16-17-18-19-21-26-27(22-9-6-3)24-25-28(26)23-20-8-5-2/h24-26H,4-23H2,1-3H3. The van der Waals surface area contributed by atoms with Crippen molar-refractivity contribution in [2.45, 2.75) is 143 Å². The van der Waals surface area contributed by atoms with Crippen LogP contribution in [-0.2, 0) is 0 Å². The first-order valence-electron chi connectivity index (χ1n) is 13.0. The Kier molecular flexibility index (Phi) is 16.7. The molecule has 0 spiro atoms. The van der Waals surface area contributed by atoms with Gasteiger partial charge in [0.2, 0.25) is 0 Å². The third-order valence-corrected chi connectivity index (χ3v) is 6.32. The zero-order chi connectivity index (χ0) is 20.3. The summed E-state index contributed by atoms with van der Waals surface area (Å²) in [6.45, 7) is 9.39. The Morgan fingerprint density at radius 3 is 1.36 bits per heavy atom. The zero-order valence-corrected chi connectivity index (χ0v) is 19.8. The van der Waals surface area contributed by atoms with Crippen LogP contribution in [0.3, 0.4) is 0 Å². The molecule has 166 valence electrons. The second-order valence-corrected chi connectivity index (χ2v) is 8.99. The zero-order valence-electron chi connectivity index (χ0n) is 19.8. The van der Waals surface area contributed by atoms with Crippen LogP contribution in [0.2, 0.25) is 0 Å². The molecular weight excluding hydrogens is 340 g/mol. The van der Waals surface area contributed by atoms with Gasteiger partial charge in [-0.1, -0.05) is 111 Å². The Bertz CT molecular complexity index is 352. The molecule has 0 amide bonds. The Morgan fingerprint density at radius 2 is 0.857 bits per heavy atom. The average molecular weight is 393 g/mol. The van der Waals surface area contributed by atoms with Crippen molar-refractivity contribution in [2.24, 2.45) is 0 Å². The lowest BCUT2D eigenvalue weighted by molar-refractivity contribution is 0.136. The topological polar surface area (TPSA) is 6.48 Å². The molecule has 0 aliphatic carbocycles. The monoisotopic (exact) mass is 392 g/mol. The lowest BCUT2D eigenvalue weighted by Crippen LogP contribution is -2.39. The van der Waals surface area contributed by atoms with Crippen LogP contribution in [0, 0.1) is 0 Å². The number of unbranched alkanes of at least 4 members (excludes halogenated alkanes) is 14. The molecule has 1 atom stereocenters. The van der Waals surface area contributed by atoms with E-state index in [9.17, 15) is 0 Å². The largest absolute Gasteiger partial charge is 0.356 e. The van der Waals surface area contributed by atoms with Gasteiger partial charge in [-0.3, -0.25) is 0 Å². The first-order valence-corrected chi connectivity index (χ1v) is 13.0. The molecule has 0 saturated heterocycles. The van der Waals surface area contributed by atoms with Gasteiger partial charge >= 0.3 is 0 Å². The van der Waals surface area contributed by atoms with Crippen LogP contribution in [-0.4, -0.2) is 29.1 Å². The smallest absolute Gasteiger partial charge is 0.101 e. The van der Waals surface area contributed by atoms with Crippen molar-refractivity contribution in [1.82, 2.24) is 9.80 Å². The van der Waals surface area contributed by atoms with Crippen molar-refractivity contribution >= 4 is 0 Å². The Labute approximate surface area is 178 Å². The van der Waals surface area contributed by atoms with Gasteiger partial charge < -0.3 is 9.80 Å². The molecule has 1 rings (SSSR count). The fourth-order valence-corrected chi connectivity index (χ4v) is 4.39. The molecule has 0 aromatic rings. The fraction of sp³-hybridized carbons (Fsp3) is 0.923. The summed E-state index contributed by atoms with van der Waals surface area (Å²) in [6, 6.07) is 0. The number of rotatable bonds is 20. The minimum absolute atomic E-state index is 0.645. The number of hydrogen-bond acceptors (Lipinski definition) is 2. The van der Waals surface area contributed by atoms with E-state index in [1.165, 1.54) is 129 Å². The van der Waals surface area contributed by atoms with Gasteiger partial charge in [-0.25, -0.2) is 0 Å². The summed E-state index contributed by atoms with van der Waals surface area (Å²) in [5, 5.41) is 0. The molecule has 0 saturated carbocycles. The van der Waals surface area contributed by atoms with Crippen LogP contribution < -0.4 is 0 Å². The van der Waals surface area contributed by atoms with Crippen LogP contribution in [0.15, 0.2) is 12.4 Å². The van der Waals surface area contributed by atoms with Gasteiger partial charge in [-0.15, -0.1) is 0 Å². The summed E-state index contributed by atoms with van der Waals surface area (Å²) in [7, 11) is 0. The van der Waals surface area contributed by atoms with E-state index in [0.29, 0.717) is 6.17 Å². The van der Waals surface area contributed by atoms with Gasteiger partial charge in [0.05, 0.1) is 0 Å². The minimum atomic E-state index is 0.645. The second kappa shape index (κ2) is 18.4. The van der Waals surface area contributed by atoms with Gasteiger partial charge in [0.15, 0.2) is 0 Å². The van der Waals surface area contributed by atoms with E-state index in [1.54, 1.807) is 0 Å². The van der Waals surface area contributed by atoms with Gasteiger partial charge in [-0.2, -0.15) is 0 Å². The van der Waals surface area contributed by atoms with Crippen molar-refractivity contribution in [1.29, 1.82) is 0 Å². The molecular formula is C26H52N2. The van der Waals surface area contributed by atoms with E-state index in [2.05, 4.69) is 43.0 Å². The van der Waals surface area contributed by atoms with Crippen molar-refractivity contribution in [3.05, 3.63) is 12.4 Å². The molecule has 0 N–H and O–H groups in total. The first-order chi connectivity index (χ1) is 13.8. The van der Waals surface area contributed by atoms with Gasteiger partial charge in [0, 0.05) is 25.5 Å². The highest BCUT2D eigenvalue weighted by atomic mass is 15.4. The Hall–Kier alpha value is -0.660. The van der Waals surface area contributed by atoms with Crippen molar-refractivity contribution in [3.63, 3.8) is 0 Å². The molecule has 1 aliphatic heterocycles. The third kappa shape index (κ3) is 12.0. The summed E-state index contributed by atoms with van der Waals surface area (Å²) in [5.41, 5.74) is 0. The summed E-state index contributed by atoms with van der Waals surface area (Å²) >= 11 is 0. The molecule has 1 unspecified atom stereocenters. The first kappa shape index (κ1) is 25.4. The second-order valence-electron chi connectivity index (χ2n) is 8.99. The molecule has 0 fully saturated rings. The Morgan fingerprint density at radius 1 is 0.464 bits per heavy atom. The Balaban J connectivity index is 2.09. The molecule has 0 radical (unpaired) electrons. The van der Waals surface area contributed by atoms with Gasteiger partial charge in [-0.05, 0) is 25.7 Å². The molecule has 0 bridgehead atoms. The number of nitrogens with zero attached hydrogens (tertiary/aromatic N) is 2. The van der Waals surface area contributed by atoms with E-state index >= 15 is 0 Å².